The Labute approximate surface area is 157 Å². The summed E-state index contributed by atoms with van der Waals surface area (Å²) in [6.45, 7) is 1.99. The molecule has 5 heteroatoms. The van der Waals surface area contributed by atoms with Gasteiger partial charge in [-0.3, -0.25) is 9.59 Å². The molecule has 5 nitrogen and oxygen atoms in total. The number of amides is 2. The molecule has 27 heavy (non-hydrogen) atoms. The van der Waals surface area contributed by atoms with Crippen molar-refractivity contribution < 1.29 is 9.59 Å². The molecule has 0 heterocycles. The van der Waals surface area contributed by atoms with Crippen LogP contribution in [0.2, 0.25) is 0 Å². The first kappa shape index (κ1) is 18.1. The number of aryl methyl sites for hydroxylation is 1. The number of nitrogens with one attached hydrogen (secondary N) is 2. The minimum atomic E-state index is -0.320. The van der Waals surface area contributed by atoms with Crippen LogP contribution in [0.3, 0.4) is 0 Å². The average molecular weight is 357 g/mol. The summed E-state index contributed by atoms with van der Waals surface area (Å²) in [4.78, 5) is 24.3. The first-order valence-electron chi connectivity index (χ1n) is 8.48. The van der Waals surface area contributed by atoms with Crippen molar-refractivity contribution in [2.75, 3.05) is 5.32 Å². The average Bonchev–Trinajstić information content (AvgIpc) is 2.69. The third-order valence-electron chi connectivity index (χ3n) is 3.86. The highest BCUT2D eigenvalue weighted by Gasteiger charge is 2.07. The number of hydrazone groups is 1. The number of anilines is 1. The van der Waals surface area contributed by atoms with Crippen molar-refractivity contribution in [3.05, 3.63) is 101 Å². The Morgan fingerprint density at radius 2 is 1.52 bits per heavy atom. The molecule has 0 aliphatic carbocycles. The van der Waals surface area contributed by atoms with E-state index in [2.05, 4.69) is 15.8 Å². The topological polar surface area (TPSA) is 70.6 Å². The smallest absolute Gasteiger partial charge is 0.271 e. The Balaban J connectivity index is 1.58. The van der Waals surface area contributed by atoms with Gasteiger partial charge in [-0.2, -0.15) is 5.10 Å². The fourth-order valence-corrected chi connectivity index (χ4v) is 2.48. The molecule has 3 rings (SSSR count). The van der Waals surface area contributed by atoms with Crippen LogP contribution in [0, 0.1) is 6.92 Å². The SMILES string of the molecule is Cc1cccc(C=NNC(=O)c2ccc(NC(=O)c3ccccc3)cc2)c1. The predicted octanol–water partition coefficient (Wildman–Crippen LogP) is 4.01. The molecule has 0 atom stereocenters. The lowest BCUT2D eigenvalue weighted by Gasteiger charge is -2.06. The van der Waals surface area contributed by atoms with Crippen LogP contribution in [-0.2, 0) is 0 Å². The summed E-state index contributed by atoms with van der Waals surface area (Å²) in [5.74, 6) is -0.518. The summed E-state index contributed by atoms with van der Waals surface area (Å²) in [5.41, 5.74) is 6.17. The van der Waals surface area contributed by atoms with Gasteiger partial charge in [0.05, 0.1) is 6.21 Å². The van der Waals surface area contributed by atoms with E-state index in [1.54, 1.807) is 54.7 Å². The number of rotatable bonds is 5. The summed E-state index contributed by atoms with van der Waals surface area (Å²) in [6, 6.07) is 23.4. The molecule has 0 spiro atoms. The predicted molar refractivity (Wildman–Crippen MR) is 107 cm³/mol. The molecule has 0 saturated carbocycles. The second-order valence-corrected chi connectivity index (χ2v) is 6.01. The molecule has 0 saturated heterocycles. The Bertz CT molecular complexity index is 964. The van der Waals surface area contributed by atoms with Gasteiger partial charge in [-0.1, -0.05) is 48.0 Å². The van der Waals surface area contributed by atoms with Gasteiger partial charge in [-0.15, -0.1) is 0 Å². The lowest BCUT2D eigenvalue weighted by atomic mass is 10.1. The largest absolute Gasteiger partial charge is 0.322 e. The van der Waals surface area contributed by atoms with Gasteiger partial charge in [0.25, 0.3) is 11.8 Å². The van der Waals surface area contributed by atoms with Crippen LogP contribution in [0.4, 0.5) is 5.69 Å². The molecule has 0 unspecified atom stereocenters. The maximum Gasteiger partial charge on any atom is 0.271 e. The Morgan fingerprint density at radius 3 is 2.22 bits per heavy atom. The summed E-state index contributed by atoms with van der Waals surface area (Å²) in [6.07, 6.45) is 1.60. The van der Waals surface area contributed by atoms with Crippen molar-refractivity contribution in [3.63, 3.8) is 0 Å². The van der Waals surface area contributed by atoms with Gasteiger partial charge in [0.1, 0.15) is 0 Å². The highest BCUT2D eigenvalue weighted by molar-refractivity contribution is 6.04. The lowest BCUT2D eigenvalue weighted by Crippen LogP contribution is -2.17. The van der Waals surface area contributed by atoms with E-state index in [-0.39, 0.29) is 11.8 Å². The van der Waals surface area contributed by atoms with Crippen molar-refractivity contribution in [1.82, 2.24) is 5.43 Å². The number of carbonyl (C=O) groups is 2. The molecular formula is C22H19N3O2. The fourth-order valence-electron chi connectivity index (χ4n) is 2.48. The van der Waals surface area contributed by atoms with E-state index in [9.17, 15) is 9.59 Å². The molecule has 0 bridgehead atoms. The summed E-state index contributed by atoms with van der Waals surface area (Å²) in [7, 11) is 0. The van der Waals surface area contributed by atoms with Crippen molar-refractivity contribution in [3.8, 4) is 0 Å². The standard InChI is InChI=1S/C22H19N3O2/c1-16-6-5-7-17(14-16)15-23-25-22(27)19-10-12-20(13-11-19)24-21(26)18-8-3-2-4-9-18/h2-15H,1H3,(H,24,26)(H,25,27). The summed E-state index contributed by atoms with van der Waals surface area (Å²) in [5, 5.41) is 6.77. The van der Waals surface area contributed by atoms with Gasteiger partial charge in [-0.25, -0.2) is 5.43 Å². The Morgan fingerprint density at radius 1 is 0.815 bits per heavy atom. The molecule has 2 N–H and O–H groups in total. The molecule has 0 aliphatic rings. The monoisotopic (exact) mass is 357 g/mol. The van der Waals surface area contributed by atoms with Crippen LogP contribution >= 0.6 is 0 Å². The van der Waals surface area contributed by atoms with Gasteiger partial charge >= 0.3 is 0 Å². The first-order valence-corrected chi connectivity index (χ1v) is 8.48. The molecule has 0 fully saturated rings. The first-order chi connectivity index (χ1) is 13.1. The number of carbonyl (C=O) groups excluding carboxylic acids is 2. The number of nitrogens with zero attached hydrogens (tertiary/aromatic N) is 1. The zero-order valence-electron chi connectivity index (χ0n) is 14.8. The molecule has 134 valence electrons. The number of hydrogen-bond donors (Lipinski definition) is 2. The zero-order valence-corrected chi connectivity index (χ0v) is 14.8. The quantitative estimate of drug-likeness (QED) is 0.535. The van der Waals surface area contributed by atoms with Gasteiger partial charge < -0.3 is 5.32 Å². The maximum absolute atomic E-state index is 12.1. The highest BCUT2D eigenvalue weighted by atomic mass is 16.2. The molecule has 0 aromatic heterocycles. The number of hydrogen-bond acceptors (Lipinski definition) is 3. The van der Waals surface area contributed by atoms with Gasteiger partial charge in [0, 0.05) is 16.8 Å². The van der Waals surface area contributed by atoms with Gasteiger partial charge in [0.15, 0.2) is 0 Å². The highest BCUT2D eigenvalue weighted by Crippen LogP contribution is 2.11. The zero-order chi connectivity index (χ0) is 19.1. The summed E-state index contributed by atoms with van der Waals surface area (Å²) >= 11 is 0. The van der Waals surface area contributed by atoms with E-state index in [0.29, 0.717) is 16.8 Å². The van der Waals surface area contributed by atoms with E-state index in [0.717, 1.165) is 11.1 Å². The summed E-state index contributed by atoms with van der Waals surface area (Å²) < 4.78 is 0. The Hall–Kier alpha value is -3.73. The van der Waals surface area contributed by atoms with Gasteiger partial charge in [-0.05, 0) is 48.9 Å². The number of benzene rings is 3. The van der Waals surface area contributed by atoms with E-state index in [4.69, 9.17) is 0 Å². The van der Waals surface area contributed by atoms with Crippen molar-refractivity contribution >= 4 is 23.7 Å². The fraction of sp³-hybridized carbons (Fsp3) is 0.0455. The van der Waals surface area contributed by atoms with Gasteiger partial charge in [0.2, 0.25) is 0 Å². The van der Waals surface area contributed by atoms with Crippen LogP contribution < -0.4 is 10.7 Å². The molecule has 2 amide bonds. The minimum Gasteiger partial charge on any atom is -0.322 e. The van der Waals surface area contributed by atoms with Crippen LogP contribution in [0.25, 0.3) is 0 Å². The van der Waals surface area contributed by atoms with Crippen LogP contribution in [0.15, 0.2) is 84.0 Å². The van der Waals surface area contributed by atoms with E-state index in [1.807, 2.05) is 37.3 Å². The van der Waals surface area contributed by atoms with Crippen LogP contribution in [-0.4, -0.2) is 18.0 Å². The third-order valence-corrected chi connectivity index (χ3v) is 3.86. The lowest BCUT2D eigenvalue weighted by molar-refractivity contribution is 0.0954. The van der Waals surface area contributed by atoms with Crippen LogP contribution in [0.1, 0.15) is 31.8 Å². The second-order valence-electron chi connectivity index (χ2n) is 6.01. The van der Waals surface area contributed by atoms with Crippen molar-refractivity contribution in [1.29, 1.82) is 0 Å². The molecular weight excluding hydrogens is 338 g/mol. The Kier molecular flexibility index (Phi) is 5.74. The molecule has 3 aromatic rings. The molecule has 3 aromatic carbocycles. The normalized spacial score (nSPS) is 10.6. The molecule has 0 radical (unpaired) electrons. The second kappa shape index (κ2) is 8.58. The van der Waals surface area contributed by atoms with Crippen molar-refractivity contribution in [2.45, 2.75) is 6.92 Å². The van der Waals surface area contributed by atoms with Crippen LogP contribution in [0.5, 0.6) is 0 Å². The van der Waals surface area contributed by atoms with E-state index < -0.39 is 0 Å². The van der Waals surface area contributed by atoms with Crippen molar-refractivity contribution in [2.24, 2.45) is 5.10 Å². The minimum absolute atomic E-state index is 0.199. The molecule has 0 aliphatic heterocycles. The van der Waals surface area contributed by atoms with E-state index >= 15 is 0 Å². The maximum atomic E-state index is 12.1. The van der Waals surface area contributed by atoms with E-state index in [1.165, 1.54) is 0 Å². The third kappa shape index (κ3) is 5.12.